The van der Waals surface area contributed by atoms with Crippen molar-refractivity contribution in [3.8, 4) is 0 Å². The molecule has 0 saturated heterocycles. The number of rotatable bonds is 2. The first-order valence-electron chi connectivity index (χ1n) is 3.98. The summed E-state index contributed by atoms with van der Waals surface area (Å²) < 4.78 is 0. The van der Waals surface area contributed by atoms with Crippen LogP contribution in [0, 0.1) is 5.92 Å². The van der Waals surface area contributed by atoms with Crippen molar-refractivity contribution in [1.29, 1.82) is 0 Å². The lowest BCUT2D eigenvalue weighted by Crippen LogP contribution is -2.57. The van der Waals surface area contributed by atoms with E-state index in [0.717, 1.165) is 0 Å². The van der Waals surface area contributed by atoms with E-state index in [9.17, 15) is 9.90 Å². The molecule has 11 heavy (non-hydrogen) atoms. The van der Waals surface area contributed by atoms with Crippen LogP contribution >= 0.6 is 0 Å². The molecule has 1 aliphatic carbocycles. The number of carbonyl (C=O) groups is 1. The molecule has 0 heterocycles. The molecule has 0 unspecified atom stereocenters. The summed E-state index contributed by atoms with van der Waals surface area (Å²) in [7, 11) is 0. The van der Waals surface area contributed by atoms with Gasteiger partial charge in [0.1, 0.15) is 5.60 Å². The highest BCUT2D eigenvalue weighted by atomic mass is 16.3. The number of ketones is 1. The van der Waals surface area contributed by atoms with Crippen LogP contribution in [-0.4, -0.2) is 22.5 Å². The van der Waals surface area contributed by atoms with Crippen molar-refractivity contribution < 1.29 is 9.90 Å². The van der Waals surface area contributed by atoms with Gasteiger partial charge in [-0.25, -0.2) is 0 Å². The van der Waals surface area contributed by atoms with Crippen LogP contribution < -0.4 is 5.73 Å². The van der Waals surface area contributed by atoms with E-state index in [0.29, 0.717) is 12.8 Å². The van der Waals surface area contributed by atoms with Crippen LogP contribution in [0.2, 0.25) is 0 Å². The van der Waals surface area contributed by atoms with Crippen molar-refractivity contribution in [3.05, 3.63) is 0 Å². The highest BCUT2D eigenvalue weighted by Crippen LogP contribution is 2.33. The van der Waals surface area contributed by atoms with Crippen molar-refractivity contribution in [2.45, 2.75) is 38.3 Å². The lowest BCUT2D eigenvalue weighted by molar-refractivity contribution is -0.151. The molecule has 0 aliphatic heterocycles. The number of Topliss-reactive ketones (excluding diaryl/α,β-unsaturated/α-hetero) is 1. The summed E-state index contributed by atoms with van der Waals surface area (Å²) in [4.78, 5) is 11.3. The van der Waals surface area contributed by atoms with Crippen LogP contribution in [0.15, 0.2) is 0 Å². The topological polar surface area (TPSA) is 63.3 Å². The van der Waals surface area contributed by atoms with Gasteiger partial charge in [0.25, 0.3) is 0 Å². The molecule has 3 heteroatoms. The Bertz CT molecular complexity index is 171. The third-order valence-electron chi connectivity index (χ3n) is 2.18. The molecule has 0 spiro atoms. The zero-order chi connectivity index (χ0) is 8.65. The average molecular weight is 157 g/mol. The maximum Gasteiger partial charge on any atom is 0.166 e. The second-order valence-corrected chi connectivity index (χ2v) is 3.72. The Balaban J connectivity index is 2.54. The van der Waals surface area contributed by atoms with Gasteiger partial charge in [-0.3, -0.25) is 4.79 Å². The lowest BCUT2D eigenvalue weighted by atomic mass is 9.71. The Kier molecular flexibility index (Phi) is 2.03. The second kappa shape index (κ2) is 2.57. The first kappa shape index (κ1) is 8.68. The fourth-order valence-electron chi connectivity index (χ4n) is 1.55. The van der Waals surface area contributed by atoms with E-state index in [2.05, 4.69) is 0 Å². The average Bonchev–Trinajstić information content (AvgIpc) is 1.83. The normalized spacial score (nSPS) is 37.0. The molecule has 64 valence electrons. The standard InChI is InChI=1S/C8H15NO2/c1-5(2)7(10)8(11)3-6(9)4-8/h5-6,11H,3-4,9H2,1-2H3. The van der Waals surface area contributed by atoms with Crippen molar-refractivity contribution in [3.63, 3.8) is 0 Å². The minimum Gasteiger partial charge on any atom is -0.382 e. The van der Waals surface area contributed by atoms with Gasteiger partial charge in [-0.15, -0.1) is 0 Å². The lowest BCUT2D eigenvalue weighted by Gasteiger charge is -2.41. The number of hydrogen-bond acceptors (Lipinski definition) is 3. The minimum atomic E-state index is -1.09. The molecular formula is C8H15NO2. The molecular weight excluding hydrogens is 142 g/mol. The van der Waals surface area contributed by atoms with Gasteiger partial charge in [-0.2, -0.15) is 0 Å². The molecule has 1 fully saturated rings. The largest absolute Gasteiger partial charge is 0.382 e. The van der Waals surface area contributed by atoms with E-state index in [1.54, 1.807) is 13.8 Å². The summed E-state index contributed by atoms with van der Waals surface area (Å²) >= 11 is 0. The van der Waals surface area contributed by atoms with Crippen molar-refractivity contribution in [2.24, 2.45) is 11.7 Å². The third-order valence-corrected chi connectivity index (χ3v) is 2.18. The van der Waals surface area contributed by atoms with Crippen LogP contribution in [0.5, 0.6) is 0 Å². The molecule has 1 aliphatic rings. The summed E-state index contributed by atoms with van der Waals surface area (Å²) in [6.07, 6.45) is 0.869. The quantitative estimate of drug-likeness (QED) is 0.596. The van der Waals surface area contributed by atoms with E-state index >= 15 is 0 Å². The van der Waals surface area contributed by atoms with Gasteiger partial charge in [0.15, 0.2) is 5.78 Å². The summed E-state index contributed by atoms with van der Waals surface area (Å²) in [6.45, 7) is 3.59. The van der Waals surface area contributed by atoms with Crippen molar-refractivity contribution in [1.82, 2.24) is 0 Å². The van der Waals surface area contributed by atoms with Gasteiger partial charge >= 0.3 is 0 Å². The molecule has 0 radical (unpaired) electrons. The Morgan fingerprint density at radius 3 is 2.36 bits per heavy atom. The van der Waals surface area contributed by atoms with Gasteiger partial charge in [-0.1, -0.05) is 13.8 Å². The SMILES string of the molecule is CC(C)C(=O)C1(O)CC(N)C1. The maximum atomic E-state index is 11.3. The Morgan fingerprint density at radius 1 is 1.64 bits per heavy atom. The van der Waals surface area contributed by atoms with Gasteiger partial charge in [0.2, 0.25) is 0 Å². The number of aliphatic hydroxyl groups is 1. The monoisotopic (exact) mass is 157 g/mol. The van der Waals surface area contributed by atoms with Gasteiger partial charge in [0.05, 0.1) is 0 Å². The Labute approximate surface area is 66.6 Å². The summed E-state index contributed by atoms with van der Waals surface area (Å²) in [5.74, 6) is -0.160. The Hall–Kier alpha value is -0.410. The number of carbonyl (C=O) groups excluding carboxylic acids is 1. The van der Waals surface area contributed by atoms with Crippen LogP contribution in [0.3, 0.4) is 0 Å². The second-order valence-electron chi connectivity index (χ2n) is 3.72. The first-order valence-corrected chi connectivity index (χ1v) is 3.98. The van der Waals surface area contributed by atoms with E-state index in [4.69, 9.17) is 5.73 Å². The fourth-order valence-corrected chi connectivity index (χ4v) is 1.55. The molecule has 1 saturated carbocycles. The van der Waals surface area contributed by atoms with Gasteiger partial charge in [-0.05, 0) is 12.8 Å². The predicted octanol–water partition coefficient (Wildman–Crippen LogP) is 0.0637. The molecule has 3 nitrogen and oxygen atoms in total. The molecule has 0 aromatic carbocycles. The van der Waals surface area contributed by atoms with Crippen LogP contribution in [0.4, 0.5) is 0 Å². The first-order chi connectivity index (χ1) is 4.96. The summed E-state index contributed by atoms with van der Waals surface area (Å²) in [5, 5.41) is 9.59. The molecule has 0 aromatic rings. The van der Waals surface area contributed by atoms with Crippen LogP contribution in [0.25, 0.3) is 0 Å². The molecule has 0 atom stereocenters. The minimum absolute atomic E-state index is 0.0164. The molecule has 0 aromatic heterocycles. The smallest absolute Gasteiger partial charge is 0.166 e. The fraction of sp³-hybridized carbons (Fsp3) is 0.875. The van der Waals surface area contributed by atoms with Crippen molar-refractivity contribution in [2.75, 3.05) is 0 Å². The van der Waals surface area contributed by atoms with Crippen LogP contribution in [0.1, 0.15) is 26.7 Å². The Morgan fingerprint density at radius 2 is 2.09 bits per heavy atom. The van der Waals surface area contributed by atoms with E-state index in [1.165, 1.54) is 0 Å². The van der Waals surface area contributed by atoms with Crippen LogP contribution in [-0.2, 0) is 4.79 Å². The molecule has 1 rings (SSSR count). The number of hydrogen-bond donors (Lipinski definition) is 2. The maximum absolute atomic E-state index is 11.3. The van der Waals surface area contributed by atoms with Crippen molar-refractivity contribution >= 4 is 5.78 Å². The predicted molar refractivity (Wildman–Crippen MR) is 42.0 cm³/mol. The molecule has 0 bridgehead atoms. The summed E-state index contributed by atoms with van der Waals surface area (Å²) in [5.41, 5.74) is 4.39. The van der Waals surface area contributed by atoms with E-state index < -0.39 is 5.60 Å². The number of nitrogens with two attached hydrogens (primary N) is 1. The van der Waals surface area contributed by atoms with Gasteiger partial charge in [0, 0.05) is 12.0 Å². The third kappa shape index (κ3) is 1.44. The zero-order valence-electron chi connectivity index (χ0n) is 7.00. The highest BCUT2D eigenvalue weighted by molar-refractivity contribution is 5.89. The van der Waals surface area contributed by atoms with Gasteiger partial charge < -0.3 is 10.8 Å². The summed E-state index contributed by atoms with van der Waals surface area (Å²) in [6, 6.07) is 0.0164. The zero-order valence-corrected chi connectivity index (χ0v) is 7.00. The molecule has 3 N–H and O–H groups in total. The van der Waals surface area contributed by atoms with E-state index in [-0.39, 0.29) is 17.7 Å². The highest BCUT2D eigenvalue weighted by Gasteiger charge is 2.47. The molecule has 0 amide bonds. The van der Waals surface area contributed by atoms with E-state index in [1.807, 2.05) is 0 Å².